The Kier molecular flexibility index (Phi) is 3.72. The minimum atomic E-state index is -0.0883. The molecule has 0 aliphatic carbocycles. The van der Waals surface area contributed by atoms with Crippen molar-refractivity contribution < 1.29 is 15.0 Å². The number of carbonyl (C=O) groups excluding carboxylic acids is 1. The van der Waals surface area contributed by atoms with Gasteiger partial charge in [-0.15, -0.1) is 0 Å². The summed E-state index contributed by atoms with van der Waals surface area (Å²) in [5, 5.41) is 25.2. The second kappa shape index (κ2) is 5.27. The van der Waals surface area contributed by atoms with E-state index in [2.05, 4.69) is 10.6 Å². The third-order valence-electron chi connectivity index (χ3n) is 3.23. The molecule has 0 spiro atoms. The zero-order valence-corrected chi connectivity index (χ0v) is 10.3. The lowest BCUT2D eigenvalue weighted by Gasteiger charge is -2.18. The molecule has 0 bridgehead atoms. The summed E-state index contributed by atoms with van der Waals surface area (Å²) in [6, 6.07) is 4.53. The molecule has 4 N–H and O–H groups in total. The molecule has 1 aromatic carbocycles. The number of benzene rings is 1. The maximum atomic E-state index is 11.1. The number of rotatable bonds is 4. The van der Waals surface area contributed by atoms with E-state index in [4.69, 9.17) is 0 Å². The Morgan fingerprint density at radius 3 is 2.94 bits per heavy atom. The van der Waals surface area contributed by atoms with Gasteiger partial charge >= 0.3 is 0 Å². The van der Waals surface area contributed by atoms with Gasteiger partial charge in [0.2, 0.25) is 5.91 Å². The van der Waals surface area contributed by atoms with Crippen LogP contribution in [0.1, 0.15) is 31.4 Å². The minimum absolute atomic E-state index is 0.0883. The van der Waals surface area contributed by atoms with Crippen LogP contribution in [0, 0.1) is 0 Å². The lowest BCUT2D eigenvalue weighted by atomic mass is 10.1. The summed E-state index contributed by atoms with van der Waals surface area (Å²) in [5.74, 6) is 0.378. The van der Waals surface area contributed by atoms with E-state index in [1.165, 1.54) is 12.1 Å². The fraction of sp³-hybridized carbons (Fsp3) is 0.462. The number of hydrogen-bond donors (Lipinski definition) is 4. The molecule has 1 aliphatic rings. The molecule has 0 aromatic heterocycles. The third-order valence-corrected chi connectivity index (χ3v) is 3.23. The normalized spacial score (nSPS) is 20.7. The zero-order valence-electron chi connectivity index (χ0n) is 10.3. The lowest BCUT2D eigenvalue weighted by molar-refractivity contribution is -0.119. The number of phenols is 2. The number of nitrogens with one attached hydrogen (secondary N) is 2. The molecule has 1 fully saturated rings. The summed E-state index contributed by atoms with van der Waals surface area (Å²) in [6.45, 7) is 2.56. The Morgan fingerprint density at radius 2 is 2.28 bits per heavy atom. The SMILES string of the molecule is CC(NCC1CCC(=O)N1)c1cc(O)ccc1O. The van der Waals surface area contributed by atoms with E-state index < -0.39 is 0 Å². The molecule has 2 atom stereocenters. The second-order valence-electron chi connectivity index (χ2n) is 4.68. The quantitative estimate of drug-likeness (QED) is 0.602. The Labute approximate surface area is 106 Å². The molecule has 98 valence electrons. The summed E-state index contributed by atoms with van der Waals surface area (Å²) in [5.41, 5.74) is 0.652. The van der Waals surface area contributed by atoms with Crippen molar-refractivity contribution in [2.24, 2.45) is 0 Å². The number of hydrogen-bond acceptors (Lipinski definition) is 4. The van der Waals surface area contributed by atoms with Crippen LogP contribution in [0.3, 0.4) is 0 Å². The molecular formula is C13H18N2O3. The highest BCUT2D eigenvalue weighted by Crippen LogP contribution is 2.27. The Morgan fingerprint density at radius 1 is 1.50 bits per heavy atom. The van der Waals surface area contributed by atoms with Crippen LogP contribution in [0.2, 0.25) is 0 Å². The van der Waals surface area contributed by atoms with E-state index >= 15 is 0 Å². The van der Waals surface area contributed by atoms with E-state index in [1.807, 2.05) is 6.92 Å². The molecule has 2 unspecified atom stereocenters. The van der Waals surface area contributed by atoms with Crippen molar-refractivity contribution in [3.05, 3.63) is 23.8 Å². The van der Waals surface area contributed by atoms with Crippen LogP contribution in [-0.2, 0) is 4.79 Å². The van der Waals surface area contributed by atoms with E-state index in [-0.39, 0.29) is 29.5 Å². The first-order chi connectivity index (χ1) is 8.56. The van der Waals surface area contributed by atoms with E-state index in [9.17, 15) is 15.0 Å². The molecule has 5 heteroatoms. The van der Waals surface area contributed by atoms with E-state index in [0.717, 1.165) is 6.42 Å². The first-order valence-corrected chi connectivity index (χ1v) is 6.11. The van der Waals surface area contributed by atoms with Gasteiger partial charge in [-0.2, -0.15) is 0 Å². The highest BCUT2D eigenvalue weighted by Gasteiger charge is 2.21. The van der Waals surface area contributed by atoms with Gasteiger partial charge in [-0.05, 0) is 31.5 Å². The molecule has 0 radical (unpaired) electrons. The predicted molar refractivity (Wildman–Crippen MR) is 67.4 cm³/mol. The molecular weight excluding hydrogens is 232 g/mol. The van der Waals surface area contributed by atoms with Gasteiger partial charge in [-0.25, -0.2) is 0 Å². The smallest absolute Gasteiger partial charge is 0.220 e. The first-order valence-electron chi connectivity index (χ1n) is 6.11. The van der Waals surface area contributed by atoms with Crippen molar-refractivity contribution in [2.45, 2.75) is 31.8 Å². The molecule has 1 aliphatic heterocycles. The van der Waals surface area contributed by atoms with E-state index in [0.29, 0.717) is 18.5 Å². The maximum Gasteiger partial charge on any atom is 0.220 e. The van der Waals surface area contributed by atoms with Crippen LogP contribution in [0.5, 0.6) is 11.5 Å². The Hall–Kier alpha value is -1.75. The van der Waals surface area contributed by atoms with Crippen molar-refractivity contribution >= 4 is 5.91 Å². The van der Waals surface area contributed by atoms with Crippen LogP contribution in [0.4, 0.5) is 0 Å². The summed E-state index contributed by atoms with van der Waals surface area (Å²) < 4.78 is 0. The van der Waals surface area contributed by atoms with Crippen LogP contribution >= 0.6 is 0 Å². The first kappa shape index (κ1) is 12.7. The second-order valence-corrected chi connectivity index (χ2v) is 4.68. The van der Waals surface area contributed by atoms with Crippen molar-refractivity contribution in [1.29, 1.82) is 0 Å². The lowest BCUT2D eigenvalue weighted by Crippen LogP contribution is -2.36. The van der Waals surface area contributed by atoms with Crippen LogP contribution < -0.4 is 10.6 Å². The van der Waals surface area contributed by atoms with Gasteiger partial charge in [-0.1, -0.05) is 0 Å². The number of aromatic hydroxyl groups is 2. The topological polar surface area (TPSA) is 81.6 Å². The highest BCUT2D eigenvalue weighted by molar-refractivity contribution is 5.78. The van der Waals surface area contributed by atoms with Crippen molar-refractivity contribution in [1.82, 2.24) is 10.6 Å². The average molecular weight is 250 g/mol. The van der Waals surface area contributed by atoms with Crippen molar-refractivity contribution in [3.8, 4) is 11.5 Å². The van der Waals surface area contributed by atoms with Gasteiger partial charge in [0.25, 0.3) is 0 Å². The molecule has 2 rings (SSSR count). The fourth-order valence-corrected chi connectivity index (χ4v) is 2.15. The van der Waals surface area contributed by atoms with Gasteiger partial charge in [0.05, 0.1) is 0 Å². The molecule has 1 heterocycles. The largest absolute Gasteiger partial charge is 0.508 e. The summed E-state index contributed by atoms with van der Waals surface area (Å²) in [4.78, 5) is 11.1. The Balaban J connectivity index is 1.93. The molecule has 1 saturated heterocycles. The van der Waals surface area contributed by atoms with Crippen molar-refractivity contribution in [2.75, 3.05) is 6.54 Å². The average Bonchev–Trinajstić information content (AvgIpc) is 2.75. The molecule has 1 amide bonds. The summed E-state index contributed by atoms with van der Waals surface area (Å²) >= 11 is 0. The van der Waals surface area contributed by atoms with Gasteiger partial charge < -0.3 is 20.8 Å². The maximum absolute atomic E-state index is 11.1. The van der Waals surface area contributed by atoms with Crippen LogP contribution in [-0.4, -0.2) is 28.7 Å². The zero-order chi connectivity index (χ0) is 13.1. The van der Waals surface area contributed by atoms with Gasteiger partial charge in [0.1, 0.15) is 11.5 Å². The minimum Gasteiger partial charge on any atom is -0.508 e. The van der Waals surface area contributed by atoms with Gasteiger partial charge in [0, 0.05) is 30.6 Å². The van der Waals surface area contributed by atoms with Gasteiger partial charge in [0.15, 0.2) is 0 Å². The summed E-state index contributed by atoms with van der Waals surface area (Å²) in [6.07, 6.45) is 1.42. The van der Waals surface area contributed by atoms with Gasteiger partial charge in [-0.3, -0.25) is 4.79 Å². The predicted octanol–water partition coefficient (Wildman–Crippen LogP) is 1.03. The summed E-state index contributed by atoms with van der Waals surface area (Å²) in [7, 11) is 0. The number of phenolic OH excluding ortho intramolecular Hbond substituents is 2. The highest BCUT2D eigenvalue weighted by atomic mass is 16.3. The molecule has 1 aromatic rings. The molecule has 5 nitrogen and oxygen atoms in total. The van der Waals surface area contributed by atoms with E-state index in [1.54, 1.807) is 6.07 Å². The monoisotopic (exact) mass is 250 g/mol. The molecule has 18 heavy (non-hydrogen) atoms. The molecule has 0 saturated carbocycles. The number of amides is 1. The number of carbonyl (C=O) groups is 1. The van der Waals surface area contributed by atoms with Crippen LogP contribution in [0.25, 0.3) is 0 Å². The standard InChI is InChI=1S/C13H18N2O3/c1-8(11-6-10(16)3-4-12(11)17)14-7-9-2-5-13(18)15-9/h3-4,6,8-9,14,16-17H,2,5,7H2,1H3,(H,15,18). The van der Waals surface area contributed by atoms with Crippen molar-refractivity contribution in [3.63, 3.8) is 0 Å². The fourth-order valence-electron chi connectivity index (χ4n) is 2.15. The Bertz CT molecular complexity index is 448. The van der Waals surface area contributed by atoms with Crippen LogP contribution in [0.15, 0.2) is 18.2 Å². The third kappa shape index (κ3) is 2.92.